The van der Waals surface area contributed by atoms with Crippen molar-refractivity contribution < 1.29 is 14.3 Å². The third-order valence-corrected chi connectivity index (χ3v) is 3.24. The van der Waals surface area contributed by atoms with Crippen molar-refractivity contribution in [2.24, 2.45) is 0 Å². The molecule has 2 N–H and O–H groups in total. The molecule has 1 atom stereocenters. The number of carbonyl (C=O) groups excluding carboxylic acids is 2. The molecule has 1 aromatic rings. The van der Waals surface area contributed by atoms with E-state index >= 15 is 0 Å². The quantitative estimate of drug-likeness (QED) is 0.829. The molecule has 5 nitrogen and oxygen atoms in total. The minimum Gasteiger partial charge on any atom is -0.469 e. The summed E-state index contributed by atoms with van der Waals surface area (Å²) in [5.74, 6) is -0.400. The van der Waals surface area contributed by atoms with E-state index in [0.29, 0.717) is 6.54 Å². The van der Waals surface area contributed by atoms with Gasteiger partial charge in [0, 0.05) is 22.3 Å². The van der Waals surface area contributed by atoms with Crippen LogP contribution >= 0.6 is 15.9 Å². The Morgan fingerprint density at radius 3 is 3.06 bits per heavy atom. The van der Waals surface area contributed by atoms with Crippen LogP contribution in [0, 0.1) is 0 Å². The highest BCUT2D eigenvalue weighted by Gasteiger charge is 2.30. The summed E-state index contributed by atoms with van der Waals surface area (Å²) in [7, 11) is 1.34. The molecule has 2 rings (SSSR count). The minimum atomic E-state index is -0.415. The van der Waals surface area contributed by atoms with Gasteiger partial charge < -0.3 is 15.4 Å². The molecule has 0 spiro atoms. The number of carbonyl (C=O) groups is 2. The fraction of sp³-hybridized carbons (Fsp3) is 0.333. The lowest BCUT2D eigenvalue weighted by Crippen LogP contribution is -2.29. The molecular weight excluding hydrogens is 300 g/mol. The molecule has 1 aromatic carbocycles. The number of methoxy groups -OCH3 is 1. The molecule has 0 saturated heterocycles. The molecule has 0 radical (unpaired) electrons. The second-order valence-corrected chi connectivity index (χ2v) is 4.85. The van der Waals surface area contributed by atoms with E-state index in [-0.39, 0.29) is 18.3 Å². The Kier molecular flexibility index (Phi) is 3.98. The van der Waals surface area contributed by atoms with Crippen LogP contribution in [0.5, 0.6) is 0 Å². The van der Waals surface area contributed by atoms with E-state index in [0.717, 1.165) is 15.7 Å². The SMILES string of the molecule is COC(=O)CCNC1C(=O)Nc2ccc(Br)cc21. The first-order chi connectivity index (χ1) is 8.61. The Balaban J connectivity index is 2.04. The van der Waals surface area contributed by atoms with Gasteiger partial charge >= 0.3 is 5.97 Å². The zero-order valence-electron chi connectivity index (χ0n) is 9.83. The van der Waals surface area contributed by atoms with Crippen LogP contribution < -0.4 is 10.6 Å². The van der Waals surface area contributed by atoms with Crippen molar-refractivity contribution in [3.05, 3.63) is 28.2 Å². The average Bonchev–Trinajstić information content (AvgIpc) is 2.65. The average molecular weight is 313 g/mol. The first-order valence-corrected chi connectivity index (χ1v) is 6.31. The molecule has 0 aliphatic carbocycles. The van der Waals surface area contributed by atoms with Crippen molar-refractivity contribution in [2.45, 2.75) is 12.5 Å². The molecule has 1 unspecified atom stereocenters. The maximum atomic E-state index is 11.8. The lowest BCUT2D eigenvalue weighted by atomic mass is 10.1. The maximum Gasteiger partial charge on any atom is 0.306 e. The Labute approximate surface area is 113 Å². The van der Waals surface area contributed by atoms with Crippen molar-refractivity contribution in [3.8, 4) is 0 Å². The highest BCUT2D eigenvalue weighted by Crippen LogP contribution is 2.32. The molecule has 0 aromatic heterocycles. The van der Waals surface area contributed by atoms with Gasteiger partial charge in [0.15, 0.2) is 0 Å². The van der Waals surface area contributed by atoms with Crippen LogP contribution in [0.25, 0.3) is 0 Å². The highest BCUT2D eigenvalue weighted by molar-refractivity contribution is 9.10. The van der Waals surface area contributed by atoms with E-state index in [1.807, 2.05) is 18.2 Å². The number of anilines is 1. The van der Waals surface area contributed by atoms with E-state index in [1.165, 1.54) is 7.11 Å². The molecule has 6 heteroatoms. The van der Waals surface area contributed by atoms with Crippen molar-refractivity contribution in [1.29, 1.82) is 0 Å². The van der Waals surface area contributed by atoms with Gasteiger partial charge in [-0.1, -0.05) is 15.9 Å². The number of rotatable bonds is 4. The molecule has 1 amide bonds. The number of amides is 1. The standard InChI is InChI=1S/C12H13BrN2O3/c1-18-10(16)4-5-14-11-8-6-7(13)2-3-9(8)15-12(11)17/h2-3,6,11,14H,4-5H2,1H3,(H,15,17). The summed E-state index contributed by atoms with van der Waals surface area (Å²) in [5, 5.41) is 5.83. The predicted octanol–water partition coefficient (Wildman–Crippen LogP) is 1.59. The Bertz CT molecular complexity index is 490. The third kappa shape index (κ3) is 2.70. The van der Waals surface area contributed by atoms with Gasteiger partial charge in [-0.3, -0.25) is 9.59 Å². The highest BCUT2D eigenvalue weighted by atomic mass is 79.9. The van der Waals surface area contributed by atoms with E-state index in [1.54, 1.807) is 0 Å². The minimum absolute atomic E-state index is 0.104. The summed E-state index contributed by atoms with van der Waals surface area (Å²) >= 11 is 3.37. The maximum absolute atomic E-state index is 11.8. The number of benzene rings is 1. The molecule has 18 heavy (non-hydrogen) atoms. The molecular formula is C12H13BrN2O3. The number of esters is 1. The van der Waals surface area contributed by atoms with Gasteiger partial charge in [-0.25, -0.2) is 0 Å². The zero-order chi connectivity index (χ0) is 13.1. The lowest BCUT2D eigenvalue weighted by molar-refractivity contribution is -0.140. The number of halogens is 1. The molecule has 0 bridgehead atoms. The summed E-state index contributed by atoms with van der Waals surface area (Å²) in [6.45, 7) is 0.400. The van der Waals surface area contributed by atoms with Gasteiger partial charge in [-0.2, -0.15) is 0 Å². The summed E-state index contributed by atoms with van der Waals surface area (Å²) in [6, 6.07) is 5.19. The van der Waals surface area contributed by atoms with E-state index in [4.69, 9.17) is 0 Å². The smallest absolute Gasteiger partial charge is 0.306 e. The largest absolute Gasteiger partial charge is 0.469 e. The summed E-state index contributed by atoms with van der Waals surface area (Å²) in [5.41, 5.74) is 1.69. The molecule has 0 saturated carbocycles. The van der Waals surface area contributed by atoms with Gasteiger partial charge in [0.1, 0.15) is 6.04 Å². The number of ether oxygens (including phenoxy) is 1. The van der Waals surface area contributed by atoms with E-state index < -0.39 is 6.04 Å². The number of hydrogen-bond acceptors (Lipinski definition) is 4. The van der Waals surface area contributed by atoms with Gasteiger partial charge in [0.2, 0.25) is 5.91 Å². The summed E-state index contributed by atoms with van der Waals surface area (Å²) < 4.78 is 5.46. The van der Waals surface area contributed by atoms with Crippen molar-refractivity contribution in [3.63, 3.8) is 0 Å². The van der Waals surface area contributed by atoms with Crippen LogP contribution in [0.3, 0.4) is 0 Å². The molecule has 1 heterocycles. The first-order valence-electron chi connectivity index (χ1n) is 5.52. The van der Waals surface area contributed by atoms with Crippen molar-refractivity contribution in [1.82, 2.24) is 5.32 Å². The van der Waals surface area contributed by atoms with Gasteiger partial charge in [0.05, 0.1) is 13.5 Å². The van der Waals surface area contributed by atoms with Crippen LogP contribution in [0.4, 0.5) is 5.69 Å². The van der Waals surface area contributed by atoms with Gasteiger partial charge in [-0.15, -0.1) is 0 Å². The van der Waals surface area contributed by atoms with E-state index in [9.17, 15) is 9.59 Å². The van der Waals surface area contributed by atoms with E-state index in [2.05, 4.69) is 31.3 Å². The van der Waals surface area contributed by atoms with Gasteiger partial charge in [-0.05, 0) is 18.2 Å². The van der Waals surface area contributed by atoms with Crippen LogP contribution in [0.1, 0.15) is 18.0 Å². The zero-order valence-corrected chi connectivity index (χ0v) is 11.4. The fourth-order valence-electron chi connectivity index (χ4n) is 1.86. The molecule has 1 aliphatic heterocycles. The Morgan fingerprint density at radius 2 is 2.33 bits per heavy atom. The monoisotopic (exact) mass is 312 g/mol. The Hall–Kier alpha value is -1.40. The molecule has 0 fully saturated rings. The summed E-state index contributed by atoms with van der Waals surface area (Å²) in [4.78, 5) is 22.8. The predicted molar refractivity (Wildman–Crippen MR) is 70.1 cm³/mol. The van der Waals surface area contributed by atoms with Crippen LogP contribution in [-0.4, -0.2) is 25.5 Å². The van der Waals surface area contributed by atoms with Crippen LogP contribution in [0.15, 0.2) is 22.7 Å². The fourth-order valence-corrected chi connectivity index (χ4v) is 2.23. The lowest BCUT2D eigenvalue weighted by Gasteiger charge is -2.10. The van der Waals surface area contributed by atoms with Crippen molar-refractivity contribution in [2.75, 3.05) is 19.0 Å². The normalized spacial score (nSPS) is 17.2. The van der Waals surface area contributed by atoms with Gasteiger partial charge in [0.25, 0.3) is 0 Å². The van der Waals surface area contributed by atoms with Crippen molar-refractivity contribution >= 4 is 33.5 Å². The second-order valence-electron chi connectivity index (χ2n) is 3.93. The van der Waals surface area contributed by atoms with Crippen LogP contribution in [0.2, 0.25) is 0 Å². The van der Waals surface area contributed by atoms with Crippen LogP contribution in [-0.2, 0) is 14.3 Å². The topological polar surface area (TPSA) is 67.4 Å². The molecule has 96 valence electrons. The summed E-state index contributed by atoms with van der Waals surface area (Å²) in [6.07, 6.45) is 0.240. The third-order valence-electron chi connectivity index (χ3n) is 2.75. The molecule has 1 aliphatic rings. The number of fused-ring (bicyclic) bond motifs is 1. The first kappa shape index (κ1) is 13.0. The second kappa shape index (κ2) is 5.49. The Morgan fingerprint density at radius 1 is 1.56 bits per heavy atom. The number of hydrogen-bond donors (Lipinski definition) is 2. The number of nitrogens with one attached hydrogen (secondary N) is 2.